The van der Waals surface area contributed by atoms with Crippen LogP contribution in [0.15, 0.2) is 18.2 Å². The molecule has 1 rings (SSSR count). The van der Waals surface area contributed by atoms with Crippen LogP contribution in [0.4, 0.5) is 14.5 Å². The fourth-order valence-electron chi connectivity index (χ4n) is 1.22. The molecule has 0 amide bonds. The molecule has 7 nitrogen and oxygen atoms in total. The van der Waals surface area contributed by atoms with Crippen LogP contribution < -0.4 is 9.88 Å². The maximum absolute atomic E-state index is 12.0. The maximum Gasteiger partial charge on any atom is 0.387 e. The molecule has 0 heterocycles. The quantitative estimate of drug-likeness (QED) is 0.639. The van der Waals surface area contributed by atoms with Crippen LogP contribution in [-0.4, -0.2) is 20.0 Å². The Hall–Kier alpha value is -1.81. The summed E-state index contributed by atoms with van der Waals surface area (Å²) in [6.45, 7) is -3.22. The Morgan fingerprint density at radius 2 is 2.06 bits per heavy atom. The number of nitro benzene ring substituents is 1. The zero-order chi connectivity index (χ0) is 13.9. The summed E-state index contributed by atoms with van der Waals surface area (Å²) in [5, 5.41) is 15.4. The van der Waals surface area contributed by atoms with E-state index in [2.05, 4.69) is 4.74 Å². The fraction of sp³-hybridized carbons (Fsp3) is 0.250. The van der Waals surface area contributed by atoms with E-state index in [1.807, 2.05) is 0 Å². The molecular formula is C8H8F2N2O5S. The molecule has 0 fully saturated rings. The number of sulfonamides is 1. The van der Waals surface area contributed by atoms with Gasteiger partial charge in [0.05, 0.1) is 10.7 Å². The molecule has 0 atom stereocenters. The van der Waals surface area contributed by atoms with Crippen molar-refractivity contribution in [2.45, 2.75) is 12.4 Å². The Labute approximate surface area is 100 Å². The number of nitro groups is 1. The molecule has 0 radical (unpaired) electrons. The lowest BCUT2D eigenvalue weighted by molar-refractivity contribution is -0.386. The number of alkyl halides is 2. The molecule has 18 heavy (non-hydrogen) atoms. The lowest BCUT2D eigenvalue weighted by atomic mass is 10.2. The van der Waals surface area contributed by atoms with Crippen LogP contribution in [0, 0.1) is 10.1 Å². The lowest BCUT2D eigenvalue weighted by Gasteiger charge is -2.06. The van der Waals surface area contributed by atoms with Gasteiger partial charge in [-0.1, -0.05) is 6.07 Å². The molecule has 0 aliphatic heterocycles. The van der Waals surface area contributed by atoms with Crippen LogP contribution in [0.25, 0.3) is 0 Å². The summed E-state index contributed by atoms with van der Waals surface area (Å²) < 4.78 is 49.5. The normalized spacial score (nSPS) is 11.6. The minimum atomic E-state index is -3.87. The van der Waals surface area contributed by atoms with Crippen LogP contribution in [-0.2, 0) is 15.8 Å². The Kier molecular flexibility index (Phi) is 4.14. The molecule has 1 aromatic rings. The number of hydrogen-bond donors (Lipinski definition) is 1. The van der Waals surface area contributed by atoms with E-state index in [0.29, 0.717) is 0 Å². The van der Waals surface area contributed by atoms with Crippen LogP contribution in [0.3, 0.4) is 0 Å². The number of nitrogens with zero attached hydrogens (tertiary/aromatic N) is 1. The monoisotopic (exact) mass is 282 g/mol. The van der Waals surface area contributed by atoms with Crippen molar-refractivity contribution < 1.29 is 26.9 Å². The molecule has 0 unspecified atom stereocenters. The predicted molar refractivity (Wildman–Crippen MR) is 56.5 cm³/mol. The van der Waals surface area contributed by atoms with E-state index in [1.165, 1.54) is 0 Å². The van der Waals surface area contributed by atoms with E-state index >= 15 is 0 Å². The minimum Gasteiger partial charge on any atom is -0.427 e. The highest BCUT2D eigenvalue weighted by molar-refractivity contribution is 7.88. The molecule has 2 N–H and O–H groups in total. The van der Waals surface area contributed by atoms with E-state index in [1.54, 1.807) is 0 Å². The van der Waals surface area contributed by atoms with Crippen LogP contribution in [0.1, 0.15) is 5.56 Å². The van der Waals surface area contributed by atoms with E-state index in [-0.39, 0.29) is 5.56 Å². The lowest BCUT2D eigenvalue weighted by Crippen LogP contribution is -2.14. The van der Waals surface area contributed by atoms with E-state index in [0.717, 1.165) is 18.2 Å². The first kappa shape index (κ1) is 14.3. The Morgan fingerprint density at radius 1 is 1.44 bits per heavy atom. The minimum absolute atomic E-state index is 0.00539. The molecule has 0 aromatic heterocycles. The smallest absolute Gasteiger partial charge is 0.387 e. The van der Waals surface area contributed by atoms with Gasteiger partial charge < -0.3 is 4.74 Å². The van der Waals surface area contributed by atoms with Gasteiger partial charge in [-0.05, 0) is 11.6 Å². The number of halogens is 2. The largest absolute Gasteiger partial charge is 0.427 e. The summed E-state index contributed by atoms with van der Waals surface area (Å²) in [5.41, 5.74) is -0.748. The van der Waals surface area contributed by atoms with Crippen molar-refractivity contribution in [1.29, 1.82) is 0 Å². The highest BCUT2D eigenvalue weighted by Gasteiger charge is 2.20. The van der Waals surface area contributed by atoms with Gasteiger partial charge in [0.15, 0.2) is 0 Å². The molecular weight excluding hydrogens is 274 g/mol. The van der Waals surface area contributed by atoms with E-state index in [9.17, 15) is 27.3 Å². The van der Waals surface area contributed by atoms with Gasteiger partial charge in [-0.2, -0.15) is 8.78 Å². The third kappa shape index (κ3) is 4.22. The van der Waals surface area contributed by atoms with Gasteiger partial charge in [0.1, 0.15) is 0 Å². The van der Waals surface area contributed by atoms with Crippen molar-refractivity contribution in [2.24, 2.45) is 5.14 Å². The summed E-state index contributed by atoms with van der Waals surface area (Å²) in [4.78, 5) is 9.67. The van der Waals surface area contributed by atoms with Crippen molar-refractivity contribution >= 4 is 15.7 Å². The summed E-state index contributed by atoms with van der Waals surface area (Å²) in [6, 6.07) is 2.82. The van der Waals surface area contributed by atoms with Gasteiger partial charge in [0.2, 0.25) is 15.8 Å². The topological polar surface area (TPSA) is 113 Å². The molecule has 10 heteroatoms. The highest BCUT2D eigenvalue weighted by atomic mass is 32.2. The van der Waals surface area contributed by atoms with Crippen LogP contribution in [0.2, 0.25) is 0 Å². The van der Waals surface area contributed by atoms with E-state index < -0.39 is 38.7 Å². The average molecular weight is 282 g/mol. The first-order valence-corrected chi connectivity index (χ1v) is 6.13. The van der Waals surface area contributed by atoms with Crippen LogP contribution in [0.5, 0.6) is 5.75 Å². The average Bonchev–Trinajstić information content (AvgIpc) is 2.17. The van der Waals surface area contributed by atoms with Crippen molar-refractivity contribution in [3.05, 3.63) is 33.9 Å². The third-order valence-corrected chi connectivity index (χ3v) is 2.54. The van der Waals surface area contributed by atoms with Crippen LogP contribution >= 0.6 is 0 Å². The Bertz CT molecular complexity index is 561. The van der Waals surface area contributed by atoms with Crippen molar-refractivity contribution in [3.63, 3.8) is 0 Å². The second kappa shape index (κ2) is 5.23. The number of ether oxygens (including phenoxy) is 1. The summed E-state index contributed by atoms with van der Waals surface area (Å²) >= 11 is 0. The number of nitrogens with two attached hydrogens (primary N) is 1. The van der Waals surface area contributed by atoms with Gasteiger partial charge >= 0.3 is 12.3 Å². The van der Waals surface area contributed by atoms with Gasteiger partial charge in [-0.15, -0.1) is 0 Å². The number of benzene rings is 1. The SMILES string of the molecule is NS(=O)(=O)Cc1ccc(OC(F)F)c([N+](=O)[O-])c1. The molecule has 0 saturated heterocycles. The standard InChI is InChI=1S/C8H8F2N2O5S/c9-8(10)17-7-2-1-5(4-18(11,15)16)3-6(7)12(13)14/h1-3,8H,4H2,(H2,11,15,16). The van der Waals surface area contributed by atoms with Crippen molar-refractivity contribution in [2.75, 3.05) is 0 Å². The summed E-state index contributed by atoms with van der Waals surface area (Å²) in [5.74, 6) is -1.28. The second-order valence-corrected chi connectivity index (χ2v) is 4.86. The summed E-state index contributed by atoms with van der Waals surface area (Å²) in [7, 11) is -3.87. The number of primary sulfonamides is 1. The highest BCUT2D eigenvalue weighted by Crippen LogP contribution is 2.29. The second-order valence-electron chi connectivity index (χ2n) is 3.24. The van der Waals surface area contributed by atoms with Gasteiger partial charge in [-0.3, -0.25) is 10.1 Å². The van der Waals surface area contributed by atoms with Crippen molar-refractivity contribution in [1.82, 2.24) is 0 Å². The van der Waals surface area contributed by atoms with Gasteiger partial charge in [-0.25, -0.2) is 13.6 Å². The molecule has 100 valence electrons. The molecule has 1 aromatic carbocycles. The number of rotatable bonds is 5. The molecule has 0 saturated carbocycles. The van der Waals surface area contributed by atoms with E-state index in [4.69, 9.17) is 5.14 Å². The molecule has 0 aliphatic carbocycles. The first-order chi connectivity index (χ1) is 8.19. The van der Waals surface area contributed by atoms with Crippen molar-refractivity contribution in [3.8, 4) is 5.75 Å². The molecule has 0 bridgehead atoms. The zero-order valence-corrected chi connectivity index (χ0v) is 9.56. The molecule has 0 spiro atoms. The van der Waals surface area contributed by atoms with Gasteiger partial charge in [0.25, 0.3) is 0 Å². The summed E-state index contributed by atoms with van der Waals surface area (Å²) in [6.07, 6.45) is 0. The number of hydrogen-bond acceptors (Lipinski definition) is 5. The fourth-order valence-corrected chi connectivity index (χ4v) is 1.87. The predicted octanol–water partition coefficient (Wildman–Crippen LogP) is 0.985. The Balaban J connectivity index is 3.15. The first-order valence-electron chi connectivity index (χ1n) is 4.41. The zero-order valence-electron chi connectivity index (χ0n) is 8.75. The third-order valence-electron chi connectivity index (χ3n) is 1.80. The van der Waals surface area contributed by atoms with Gasteiger partial charge in [0, 0.05) is 6.07 Å². The Morgan fingerprint density at radius 3 is 2.50 bits per heavy atom. The molecule has 0 aliphatic rings. The maximum atomic E-state index is 12.0.